The lowest BCUT2D eigenvalue weighted by atomic mass is 10.1. The first kappa shape index (κ1) is 14.7. The molecule has 0 radical (unpaired) electrons. The summed E-state index contributed by atoms with van der Waals surface area (Å²) in [6, 6.07) is 3.04. The molecule has 2 unspecified atom stereocenters. The van der Waals surface area contributed by atoms with E-state index in [1.807, 2.05) is 0 Å². The molecular weight excluding hydrogens is 256 g/mol. The number of aromatic nitrogens is 1. The van der Waals surface area contributed by atoms with Crippen molar-refractivity contribution in [2.24, 2.45) is 0 Å². The number of carbonyl (C=O) groups excluding carboxylic acids is 1. The normalized spacial score (nSPS) is 14.0. The zero-order valence-corrected chi connectivity index (χ0v) is 11.0. The summed E-state index contributed by atoms with van der Waals surface area (Å²) in [5.74, 6) is 0.295. The number of nitrogens with zero attached hydrogens (tertiary/aromatic N) is 1. The topological polar surface area (TPSA) is 106 Å². The highest BCUT2D eigenvalue weighted by atomic mass is 32.2. The van der Waals surface area contributed by atoms with Gasteiger partial charge < -0.3 is 20.7 Å². The summed E-state index contributed by atoms with van der Waals surface area (Å²) in [6.07, 6.45) is -2.27. The number of pyridine rings is 1. The number of aliphatic hydroxyl groups is 2. The Labute approximate surface area is 109 Å². The van der Waals surface area contributed by atoms with E-state index in [1.54, 1.807) is 0 Å². The van der Waals surface area contributed by atoms with Crippen LogP contribution in [-0.2, 0) is 4.79 Å². The predicted octanol–water partition coefficient (Wildman–Crippen LogP) is 0.346. The van der Waals surface area contributed by atoms with Crippen molar-refractivity contribution in [1.29, 1.82) is 0 Å². The van der Waals surface area contributed by atoms with Crippen LogP contribution >= 0.6 is 11.8 Å². The molecule has 0 spiro atoms. The Morgan fingerprint density at radius 2 is 2.22 bits per heavy atom. The van der Waals surface area contributed by atoms with E-state index < -0.39 is 12.2 Å². The first-order valence-corrected chi connectivity index (χ1v) is 6.24. The third-order valence-corrected chi connectivity index (χ3v) is 3.14. The molecule has 0 saturated heterocycles. The molecule has 0 aromatic carbocycles. The van der Waals surface area contributed by atoms with Crippen molar-refractivity contribution < 1.29 is 19.7 Å². The minimum atomic E-state index is -1.19. The van der Waals surface area contributed by atoms with E-state index in [2.05, 4.69) is 4.98 Å². The number of anilines is 1. The third-order valence-electron chi connectivity index (χ3n) is 2.23. The second kappa shape index (κ2) is 6.58. The van der Waals surface area contributed by atoms with Crippen molar-refractivity contribution in [2.45, 2.75) is 19.1 Å². The van der Waals surface area contributed by atoms with Crippen LogP contribution in [0.3, 0.4) is 0 Å². The van der Waals surface area contributed by atoms with E-state index in [1.165, 1.54) is 26.2 Å². The van der Waals surface area contributed by atoms with Gasteiger partial charge >= 0.3 is 0 Å². The first-order chi connectivity index (χ1) is 8.45. The number of hydrogen-bond acceptors (Lipinski definition) is 7. The van der Waals surface area contributed by atoms with Crippen molar-refractivity contribution >= 4 is 22.6 Å². The maximum Gasteiger partial charge on any atom is 0.237 e. The molecule has 0 saturated carbocycles. The van der Waals surface area contributed by atoms with Crippen LogP contribution < -0.4 is 10.5 Å². The molecule has 2 atom stereocenters. The highest BCUT2D eigenvalue weighted by molar-refractivity contribution is 8.13. The Balaban J connectivity index is 2.76. The fourth-order valence-electron chi connectivity index (χ4n) is 1.28. The van der Waals surface area contributed by atoms with Gasteiger partial charge in [-0.05, 0) is 12.1 Å². The van der Waals surface area contributed by atoms with Crippen LogP contribution in [0.2, 0.25) is 0 Å². The summed E-state index contributed by atoms with van der Waals surface area (Å²) < 4.78 is 4.93. The molecule has 1 aromatic heterocycles. The van der Waals surface area contributed by atoms with Crippen molar-refractivity contribution in [1.82, 2.24) is 4.98 Å². The number of methoxy groups -OCH3 is 1. The smallest absolute Gasteiger partial charge is 0.237 e. The van der Waals surface area contributed by atoms with Gasteiger partial charge in [0.15, 0.2) is 5.12 Å². The largest absolute Gasteiger partial charge is 0.480 e. The second-order valence-electron chi connectivity index (χ2n) is 3.65. The fourth-order valence-corrected chi connectivity index (χ4v) is 1.87. The molecule has 1 rings (SSSR count). The molecular formula is C11H16N2O4S. The maximum absolute atomic E-state index is 10.8. The van der Waals surface area contributed by atoms with Crippen molar-refractivity contribution in [3.63, 3.8) is 0 Å². The predicted molar refractivity (Wildman–Crippen MR) is 69.3 cm³/mol. The van der Waals surface area contributed by atoms with E-state index in [0.717, 1.165) is 11.8 Å². The van der Waals surface area contributed by atoms with E-state index >= 15 is 0 Å². The van der Waals surface area contributed by atoms with Gasteiger partial charge in [0.05, 0.1) is 24.6 Å². The van der Waals surface area contributed by atoms with Crippen LogP contribution in [0.25, 0.3) is 0 Å². The molecule has 0 bridgehead atoms. The van der Waals surface area contributed by atoms with Crippen LogP contribution in [0.15, 0.2) is 12.1 Å². The lowest BCUT2D eigenvalue weighted by Crippen LogP contribution is -2.22. The zero-order chi connectivity index (χ0) is 13.7. The molecule has 7 heteroatoms. The number of carbonyl (C=O) groups is 1. The summed E-state index contributed by atoms with van der Waals surface area (Å²) >= 11 is 0.943. The Morgan fingerprint density at radius 1 is 1.56 bits per heavy atom. The summed E-state index contributed by atoms with van der Waals surface area (Å²) in [4.78, 5) is 14.8. The summed E-state index contributed by atoms with van der Waals surface area (Å²) in [7, 11) is 1.41. The Kier molecular flexibility index (Phi) is 5.39. The van der Waals surface area contributed by atoms with Crippen molar-refractivity contribution in [2.75, 3.05) is 18.6 Å². The minimum Gasteiger partial charge on any atom is -0.480 e. The minimum absolute atomic E-state index is 0.102. The van der Waals surface area contributed by atoms with Crippen molar-refractivity contribution in [3.8, 4) is 5.88 Å². The SMILES string of the molecule is COc1nc(C(O)C(O)CSC(C)=O)ccc1N. The van der Waals surface area contributed by atoms with Gasteiger partial charge in [-0.25, -0.2) is 4.98 Å². The van der Waals surface area contributed by atoms with Gasteiger partial charge in [-0.1, -0.05) is 11.8 Å². The highest BCUT2D eigenvalue weighted by Gasteiger charge is 2.21. The molecule has 0 aliphatic carbocycles. The number of nitrogens with two attached hydrogens (primary N) is 1. The van der Waals surface area contributed by atoms with Gasteiger partial charge in [0, 0.05) is 12.7 Å². The second-order valence-corrected chi connectivity index (χ2v) is 4.85. The van der Waals surface area contributed by atoms with Gasteiger partial charge in [0.1, 0.15) is 6.10 Å². The highest BCUT2D eigenvalue weighted by Crippen LogP contribution is 2.24. The standard InChI is InChI=1S/C11H16N2O4S/c1-6(14)18-5-9(15)10(16)8-4-3-7(12)11(13-8)17-2/h3-4,9-10,15-16H,5,12H2,1-2H3. The number of aliphatic hydroxyl groups excluding tert-OH is 2. The van der Waals surface area contributed by atoms with E-state index in [0.29, 0.717) is 5.69 Å². The summed E-state index contributed by atoms with van der Waals surface area (Å²) in [5, 5.41) is 19.5. The molecule has 0 fully saturated rings. The van der Waals surface area contributed by atoms with Gasteiger partial charge in [-0.3, -0.25) is 4.79 Å². The Bertz CT molecular complexity index is 428. The molecule has 0 aliphatic heterocycles. The molecule has 1 heterocycles. The lowest BCUT2D eigenvalue weighted by Gasteiger charge is -2.17. The van der Waals surface area contributed by atoms with Gasteiger partial charge in [0.2, 0.25) is 5.88 Å². The third kappa shape index (κ3) is 3.86. The number of ether oxygens (including phenoxy) is 1. The molecule has 1 aromatic rings. The molecule has 0 amide bonds. The summed E-state index contributed by atoms with van der Waals surface area (Å²) in [6.45, 7) is 1.40. The fraction of sp³-hybridized carbons (Fsp3) is 0.455. The van der Waals surface area contributed by atoms with Crippen LogP contribution in [0, 0.1) is 0 Å². The van der Waals surface area contributed by atoms with E-state index in [-0.39, 0.29) is 22.4 Å². The van der Waals surface area contributed by atoms with Gasteiger partial charge in [-0.15, -0.1) is 0 Å². The first-order valence-electron chi connectivity index (χ1n) is 5.25. The average molecular weight is 272 g/mol. The summed E-state index contributed by atoms with van der Waals surface area (Å²) in [5.41, 5.74) is 6.19. The van der Waals surface area contributed by atoms with Gasteiger partial charge in [0.25, 0.3) is 0 Å². The average Bonchev–Trinajstić information content (AvgIpc) is 2.35. The van der Waals surface area contributed by atoms with Crippen molar-refractivity contribution in [3.05, 3.63) is 17.8 Å². The van der Waals surface area contributed by atoms with Gasteiger partial charge in [-0.2, -0.15) is 0 Å². The molecule has 6 nitrogen and oxygen atoms in total. The van der Waals surface area contributed by atoms with E-state index in [4.69, 9.17) is 10.5 Å². The number of hydrogen-bond donors (Lipinski definition) is 3. The number of thioether (sulfide) groups is 1. The molecule has 100 valence electrons. The van der Waals surface area contributed by atoms with Crippen LogP contribution in [-0.4, -0.2) is 39.3 Å². The molecule has 18 heavy (non-hydrogen) atoms. The van der Waals surface area contributed by atoms with Crippen LogP contribution in [0.5, 0.6) is 5.88 Å². The lowest BCUT2D eigenvalue weighted by molar-refractivity contribution is -0.109. The Morgan fingerprint density at radius 3 is 2.78 bits per heavy atom. The number of nitrogen functional groups attached to an aromatic ring is 1. The Hall–Kier alpha value is -1.31. The van der Waals surface area contributed by atoms with E-state index in [9.17, 15) is 15.0 Å². The van der Waals surface area contributed by atoms with Crippen LogP contribution in [0.1, 0.15) is 18.7 Å². The quantitative estimate of drug-likeness (QED) is 0.710. The van der Waals surface area contributed by atoms with Crippen LogP contribution in [0.4, 0.5) is 5.69 Å². The number of rotatable bonds is 5. The monoisotopic (exact) mass is 272 g/mol. The molecule has 4 N–H and O–H groups in total. The maximum atomic E-state index is 10.8. The molecule has 0 aliphatic rings. The zero-order valence-electron chi connectivity index (χ0n) is 10.2.